The molecular formula is C29H32O7. The number of benzene rings is 3. The Balaban J connectivity index is 1.41. The Bertz CT molecular complexity index is 1060. The first-order valence-electron chi connectivity index (χ1n) is 12.2. The fourth-order valence-corrected chi connectivity index (χ4v) is 4.87. The van der Waals surface area contributed by atoms with E-state index in [9.17, 15) is 10.2 Å². The highest BCUT2D eigenvalue weighted by molar-refractivity contribution is 5.17. The average molecular weight is 493 g/mol. The Kier molecular flexibility index (Phi) is 8.09. The van der Waals surface area contributed by atoms with Crippen LogP contribution in [0.25, 0.3) is 0 Å². The van der Waals surface area contributed by atoms with Gasteiger partial charge in [-0.1, -0.05) is 91.0 Å². The molecule has 2 aliphatic rings. The number of fused-ring (bicyclic) bond motifs is 2. The van der Waals surface area contributed by atoms with Crippen LogP contribution in [0.3, 0.4) is 0 Å². The largest absolute Gasteiger partial charge is 0.388 e. The van der Waals surface area contributed by atoms with Gasteiger partial charge in [0.05, 0.1) is 33.0 Å². The molecule has 3 aromatic carbocycles. The molecule has 5 rings (SSSR count). The molecule has 0 unspecified atom stereocenters. The monoisotopic (exact) mass is 492 g/mol. The van der Waals surface area contributed by atoms with Gasteiger partial charge in [0.2, 0.25) is 0 Å². The zero-order chi connectivity index (χ0) is 24.8. The summed E-state index contributed by atoms with van der Waals surface area (Å²) in [6.07, 6.45) is -4.77. The van der Waals surface area contributed by atoms with Gasteiger partial charge in [0.1, 0.15) is 24.4 Å². The lowest BCUT2D eigenvalue weighted by Gasteiger charge is -2.41. The van der Waals surface area contributed by atoms with Crippen molar-refractivity contribution in [2.24, 2.45) is 0 Å². The zero-order valence-corrected chi connectivity index (χ0v) is 20.0. The van der Waals surface area contributed by atoms with Gasteiger partial charge in [-0.3, -0.25) is 0 Å². The van der Waals surface area contributed by atoms with E-state index >= 15 is 0 Å². The summed E-state index contributed by atoms with van der Waals surface area (Å²) in [5.74, 6) is 0. The van der Waals surface area contributed by atoms with E-state index < -0.39 is 36.3 Å². The summed E-state index contributed by atoms with van der Waals surface area (Å²) in [4.78, 5) is 0. The summed E-state index contributed by atoms with van der Waals surface area (Å²) in [7, 11) is 0. The molecule has 2 heterocycles. The molecule has 0 aliphatic carbocycles. The van der Waals surface area contributed by atoms with Gasteiger partial charge in [-0.05, 0) is 16.7 Å². The number of aliphatic hydroxyl groups excluding tert-OH is 2. The molecule has 6 atom stereocenters. The molecule has 0 amide bonds. The average Bonchev–Trinajstić information content (AvgIpc) is 3.09. The van der Waals surface area contributed by atoms with E-state index in [1.54, 1.807) is 0 Å². The normalized spacial score (nSPS) is 29.7. The summed E-state index contributed by atoms with van der Waals surface area (Å²) in [6, 6.07) is 29.2. The van der Waals surface area contributed by atoms with Crippen molar-refractivity contribution in [1.82, 2.24) is 0 Å². The molecule has 190 valence electrons. The SMILES string of the molecule is O[C@@H]1[C@H]2OC[C@H](O)[C@@H](OCc3ccccc3)[C@](COCc3ccccc3)(O2)[C@@H]1OCc1ccccc1. The van der Waals surface area contributed by atoms with Crippen LogP contribution in [0, 0.1) is 0 Å². The van der Waals surface area contributed by atoms with Crippen molar-refractivity contribution in [2.45, 2.75) is 56.1 Å². The van der Waals surface area contributed by atoms with Crippen molar-refractivity contribution in [3.63, 3.8) is 0 Å². The third-order valence-electron chi connectivity index (χ3n) is 6.65. The lowest BCUT2D eigenvalue weighted by Crippen LogP contribution is -2.62. The van der Waals surface area contributed by atoms with E-state index in [2.05, 4.69) is 0 Å². The van der Waals surface area contributed by atoms with Crippen LogP contribution in [0.4, 0.5) is 0 Å². The van der Waals surface area contributed by atoms with E-state index in [-0.39, 0.29) is 26.4 Å². The molecule has 0 spiro atoms. The van der Waals surface area contributed by atoms with Gasteiger partial charge in [0.25, 0.3) is 0 Å². The highest BCUT2D eigenvalue weighted by Gasteiger charge is 2.64. The highest BCUT2D eigenvalue weighted by atomic mass is 16.7. The summed E-state index contributed by atoms with van der Waals surface area (Å²) in [5.41, 5.74) is 1.61. The maximum absolute atomic E-state index is 11.2. The number of hydrogen-bond donors (Lipinski definition) is 2. The van der Waals surface area contributed by atoms with Crippen molar-refractivity contribution >= 4 is 0 Å². The van der Waals surface area contributed by atoms with E-state index in [0.29, 0.717) is 6.61 Å². The highest BCUT2D eigenvalue weighted by Crippen LogP contribution is 2.42. The fourth-order valence-electron chi connectivity index (χ4n) is 4.87. The predicted molar refractivity (Wildman–Crippen MR) is 132 cm³/mol. The second-order valence-electron chi connectivity index (χ2n) is 9.25. The molecule has 36 heavy (non-hydrogen) atoms. The molecule has 2 N–H and O–H groups in total. The van der Waals surface area contributed by atoms with Crippen molar-refractivity contribution in [1.29, 1.82) is 0 Å². The topological polar surface area (TPSA) is 86.6 Å². The molecule has 2 bridgehead atoms. The molecule has 7 heteroatoms. The fraction of sp³-hybridized carbons (Fsp3) is 0.379. The summed E-state index contributed by atoms with van der Waals surface area (Å²) in [5, 5.41) is 22.3. The number of ether oxygens (including phenoxy) is 5. The van der Waals surface area contributed by atoms with Crippen LogP contribution in [0.5, 0.6) is 0 Å². The molecule has 2 saturated heterocycles. The molecule has 2 fully saturated rings. The molecule has 3 aromatic rings. The van der Waals surface area contributed by atoms with Gasteiger partial charge >= 0.3 is 0 Å². The third-order valence-corrected chi connectivity index (χ3v) is 6.65. The van der Waals surface area contributed by atoms with Gasteiger partial charge in [0, 0.05) is 0 Å². The second kappa shape index (κ2) is 11.6. The van der Waals surface area contributed by atoms with Gasteiger partial charge < -0.3 is 33.9 Å². The Hall–Kier alpha value is -2.62. The lowest BCUT2D eigenvalue weighted by molar-refractivity contribution is -0.231. The molecule has 2 aliphatic heterocycles. The minimum absolute atomic E-state index is 0.0347. The Labute approximate surface area is 211 Å². The predicted octanol–water partition coefficient (Wildman–Crippen LogP) is 3.22. The van der Waals surface area contributed by atoms with Crippen LogP contribution in [0.15, 0.2) is 91.0 Å². The Morgan fingerprint density at radius 2 is 1.19 bits per heavy atom. The van der Waals surface area contributed by atoms with Crippen LogP contribution in [-0.4, -0.2) is 59.7 Å². The van der Waals surface area contributed by atoms with Crippen molar-refractivity contribution in [3.8, 4) is 0 Å². The van der Waals surface area contributed by atoms with E-state index in [1.165, 1.54) is 0 Å². The minimum atomic E-state index is -1.29. The van der Waals surface area contributed by atoms with Crippen LogP contribution in [-0.2, 0) is 43.5 Å². The first-order valence-corrected chi connectivity index (χ1v) is 12.2. The molecule has 7 nitrogen and oxygen atoms in total. The van der Waals surface area contributed by atoms with Crippen molar-refractivity contribution in [2.75, 3.05) is 13.2 Å². The van der Waals surface area contributed by atoms with Crippen LogP contribution >= 0.6 is 0 Å². The maximum atomic E-state index is 11.2. The van der Waals surface area contributed by atoms with E-state index in [1.807, 2.05) is 91.0 Å². The summed E-state index contributed by atoms with van der Waals surface area (Å²) < 4.78 is 30.8. The quantitative estimate of drug-likeness (QED) is 0.449. The minimum Gasteiger partial charge on any atom is -0.388 e. The Morgan fingerprint density at radius 3 is 1.75 bits per heavy atom. The van der Waals surface area contributed by atoms with Gasteiger partial charge in [-0.2, -0.15) is 0 Å². The van der Waals surface area contributed by atoms with Crippen LogP contribution in [0.2, 0.25) is 0 Å². The maximum Gasteiger partial charge on any atom is 0.187 e. The third kappa shape index (κ3) is 5.53. The number of hydrogen-bond acceptors (Lipinski definition) is 7. The van der Waals surface area contributed by atoms with Gasteiger partial charge in [0.15, 0.2) is 11.9 Å². The summed E-state index contributed by atoms with van der Waals surface area (Å²) >= 11 is 0. The smallest absolute Gasteiger partial charge is 0.187 e. The van der Waals surface area contributed by atoms with Gasteiger partial charge in [-0.25, -0.2) is 0 Å². The molecule has 0 saturated carbocycles. The van der Waals surface area contributed by atoms with Gasteiger partial charge in [-0.15, -0.1) is 0 Å². The Morgan fingerprint density at radius 1 is 0.694 bits per heavy atom. The van der Waals surface area contributed by atoms with Crippen molar-refractivity contribution in [3.05, 3.63) is 108 Å². The second-order valence-corrected chi connectivity index (χ2v) is 9.25. The molecular weight excluding hydrogens is 460 g/mol. The first-order chi connectivity index (χ1) is 17.7. The standard InChI is InChI=1S/C29H32O7/c30-24-19-35-28-25(31)27(34-18-23-14-8-3-9-15-23)29(36-28,20-32-16-21-10-4-1-5-11-21)26(24)33-17-22-12-6-2-7-13-22/h1-15,24-28,30-31H,16-20H2/t24-,25-,26+,27+,28-,29-/m0/s1. The molecule has 0 aromatic heterocycles. The zero-order valence-electron chi connectivity index (χ0n) is 20.0. The first kappa shape index (κ1) is 25.0. The van der Waals surface area contributed by atoms with E-state index in [4.69, 9.17) is 23.7 Å². The van der Waals surface area contributed by atoms with E-state index in [0.717, 1.165) is 16.7 Å². The number of aliphatic hydroxyl groups is 2. The van der Waals surface area contributed by atoms with Crippen LogP contribution < -0.4 is 0 Å². The lowest BCUT2D eigenvalue weighted by atomic mass is 9.85. The number of rotatable bonds is 10. The molecule has 0 radical (unpaired) electrons. The summed E-state index contributed by atoms with van der Waals surface area (Å²) in [6.45, 7) is 0.835. The van der Waals surface area contributed by atoms with Crippen molar-refractivity contribution < 1.29 is 33.9 Å². The van der Waals surface area contributed by atoms with Crippen LogP contribution in [0.1, 0.15) is 16.7 Å².